The Labute approximate surface area is 131 Å². The van der Waals surface area contributed by atoms with Gasteiger partial charge in [-0.05, 0) is 45.7 Å². The molecule has 0 aromatic heterocycles. The van der Waals surface area contributed by atoms with Crippen LogP contribution >= 0.6 is 0 Å². The van der Waals surface area contributed by atoms with Crippen LogP contribution in [0.5, 0.6) is 0 Å². The first kappa shape index (κ1) is 18.1. The van der Waals surface area contributed by atoms with Gasteiger partial charge in [-0.2, -0.15) is 0 Å². The van der Waals surface area contributed by atoms with E-state index < -0.39 is 4.92 Å². The van der Waals surface area contributed by atoms with E-state index in [1.807, 2.05) is 6.92 Å². The smallest absolute Gasteiger partial charge is 0.269 e. The van der Waals surface area contributed by atoms with Crippen molar-refractivity contribution in [3.63, 3.8) is 0 Å². The van der Waals surface area contributed by atoms with Crippen molar-refractivity contribution in [2.75, 3.05) is 19.6 Å². The van der Waals surface area contributed by atoms with Crippen LogP contribution in [-0.2, 0) is 0 Å². The Kier molecular flexibility index (Phi) is 7.52. The maximum absolute atomic E-state index is 12.1. The van der Waals surface area contributed by atoms with Crippen LogP contribution in [0, 0.1) is 10.1 Å². The average molecular weight is 308 g/mol. The molecule has 122 valence electrons. The number of nitro groups is 1. The standard InChI is InChI=1S/C16H25N3O3/c1-4-18(5-2)12-6-7-13(3)17-16(20)14-8-10-15(11-9-14)19(21)22/h8-11,13H,4-7,12H2,1-3H3,(H,17,20)/p+1/t13-/m1/s1. The fraction of sp³-hybridized carbons (Fsp3) is 0.562. The molecule has 0 aliphatic rings. The monoisotopic (exact) mass is 308 g/mol. The molecule has 1 aromatic rings. The third-order valence-electron chi connectivity index (χ3n) is 3.89. The first-order chi connectivity index (χ1) is 10.5. The van der Waals surface area contributed by atoms with Crippen molar-refractivity contribution < 1.29 is 14.6 Å². The summed E-state index contributed by atoms with van der Waals surface area (Å²) in [6.45, 7) is 9.71. The molecule has 6 heteroatoms. The number of benzene rings is 1. The van der Waals surface area contributed by atoms with Crippen LogP contribution in [0.1, 0.15) is 44.0 Å². The second-order valence-corrected chi connectivity index (χ2v) is 5.53. The lowest BCUT2D eigenvalue weighted by Crippen LogP contribution is -3.11. The summed E-state index contributed by atoms with van der Waals surface area (Å²) >= 11 is 0. The molecule has 0 radical (unpaired) electrons. The van der Waals surface area contributed by atoms with E-state index in [4.69, 9.17) is 0 Å². The Hall–Kier alpha value is -1.95. The molecule has 0 unspecified atom stereocenters. The molecule has 0 saturated carbocycles. The van der Waals surface area contributed by atoms with Gasteiger partial charge in [0.1, 0.15) is 0 Å². The van der Waals surface area contributed by atoms with Gasteiger partial charge in [-0.15, -0.1) is 0 Å². The van der Waals surface area contributed by atoms with E-state index in [9.17, 15) is 14.9 Å². The minimum absolute atomic E-state index is 0.00760. The molecular weight excluding hydrogens is 282 g/mol. The maximum atomic E-state index is 12.1. The molecule has 6 nitrogen and oxygen atoms in total. The second kappa shape index (κ2) is 9.15. The van der Waals surface area contributed by atoms with Crippen LogP contribution in [0.15, 0.2) is 24.3 Å². The number of nitrogens with zero attached hydrogens (tertiary/aromatic N) is 1. The molecule has 0 bridgehead atoms. The fourth-order valence-corrected chi connectivity index (χ4v) is 2.38. The summed E-state index contributed by atoms with van der Waals surface area (Å²) in [7, 11) is 0. The summed E-state index contributed by atoms with van der Waals surface area (Å²) in [5, 5.41) is 13.5. The highest BCUT2D eigenvalue weighted by Gasteiger charge is 2.12. The second-order valence-electron chi connectivity index (χ2n) is 5.53. The summed E-state index contributed by atoms with van der Waals surface area (Å²) in [6, 6.07) is 5.77. The van der Waals surface area contributed by atoms with Gasteiger partial charge in [0.05, 0.1) is 24.6 Å². The molecule has 1 atom stereocenters. The summed E-state index contributed by atoms with van der Waals surface area (Å²) in [4.78, 5) is 23.7. The highest BCUT2D eigenvalue weighted by molar-refractivity contribution is 5.94. The van der Waals surface area contributed by atoms with E-state index in [-0.39, 0.29) is 17.6 Å². The third kappa shape index (κ3) is 5.81. The predicted molar refractivity (Wildman–Crippen MR) is 86.2 cm³/mol. The molecule has 0 spiro atoms. The van der Waals surface area contributed by atoms with Crippen molar-refractivity contribution in [3.8, 4) is 0 Å². The van der Waals surface area contributed by atoms with E-state index in [2.05, 4.69) is 19.2 Å². The number of carbonyl (C=O) groups excluding carboxylic acids is 1. The quantitative estimate of drug-likeness (QED) is 0.535. The number of hydrogen-bond donors (Lipinski definition) is 2. The molecule has 2 N–H and O–H groups in total. The van der Waals surface area contributed by atoms with Gasteiger partial charge in [-0.1, -0.05) is 0 Å². The molecule has 0 aliphatic carbocycles. The third-order valence-corrected chi connectivity index (χ3v) is 3.89. The van der Waals surface area contributed by atoms with Crippen LogP contribution in [0.2, 0.25) is 0 Å². The number of nitrogens with one attached hydrogen (secondary N) is 2. The lowest BCUT2D eigenvalue weighted by molar-refractivity contribution is -0.896. The van der Waals surface area contributed by atoms with Crippen molar-refractivity contribution in [2.24, 2.45) is 0 Å². The highest BCUT2D eigenvalue weighted by atomic mass is 16.6. The Bertz CT molecular complexity index is 484. The molecule has 0 heterocycles. The van der Waals surface area contributed by atoms with Gasteiger partial charge < -0.3 is 10.2 Å². The first-order valence-electron chi connectivity index (χ1n) is 7.86. The summed E-state index contributed by atoms with van der Waals surface area (Å²) in [5.74, 6) is -0.183. The summed E-state index contributed by atoms with van der Waals surface area (Å²) in [5.41, 5.74) is 0.443. The summed E-state index contributed by atoms with van der Waals surface area (Å²) < 4.78 is 0. The van der Waals surface area contributed by atoms with Crippen LogP contribution in [0.25, 0.3) is 0 Å². The Morgan fingerprint density at radius 1 is 1.27 bits per heavy atom. The fourth-order valence-electron chi connectivity index (χ4n) is 2.38. The maximum Gasteiger partial charge on any atom is 0.269 e. The zero-order valence-corrected chi connectivity index (χ0v) is 13.6. The van der Waals surface area contributed by atoms with Gasteiger partial charge in [0, 0.05) is 23.7 Å². The van der Waals surface area contributed by atoms with E-state index in [0.29, 0.717) is 5.56 Å². The lowest BCUT2D eigenvalue weighted by Gasteiger charge is -2.17. The number of hydrogen-bond acceptors (Lipinski definition) is 3. The minimum atomic E-state index is -0.472. The Morgan fingerprint density at radius 3 is 2.36 bits per heavy atom. The van der Waals surface area contributed by atoms with Crippen molar-refractivity contribution in [1.29, 1.82) is 0 Å². The predicted octanol–water partition coefficient (Wildman–Crippen LogP) is 1.42. The molecular formula is C16H26N3O3+. The highest BCUT2D eigenvalue weighted by Crippen LogP contribution is 2.12. The van der Waals surface area contributed by atoms with Crippen LogP contribution in [0.3, 0.4) is 0 Å². The van der Waals surface area contributed by atoms with Crippen LogP contribution in [-0.4, -0.2) is 36.5 Å². The first-order valence-corrected chi connectivity index (χ1v) is 7.86. The number of rotatable bonds is 9. The molecule has 0 aliphatic heterocycles. The van der Waals surface area contributed by atoms with Gasteiger partial charge in [-0.3, -0.25) is 14.9 Å². The number of carbonyl (C=O) groups is 1. The SMILES string of the molecule is CC[NH+](CC)CCC[C@@H](C)NC(=O)c1ccc([N+](=O)[O-])cc1. The van der Waals surface area contributed by atoms with Gasteiger partial charge >= 0.3 is 0 Å². The van der Waals surface area contributed by atoms with Crippen LogP contribution in [0.4, 0.5) is 5.69 Å². The Morgan fingerprint density at radius 2 is 1.86 bits per heavy atom. The summed E-state index contributed by atoms with van der Waals surface area (Å²) in [6.07, 6.45) is 2.00. The normalized spacial score (nSPS) is 12.2. The van der Waals surface area contributed by atoms with Gasteiger partial charge in [0.15, 0.2) is 0 Å². The zero-order valence-electron chi connectivity index (χ0n) is 13.6. The number of quaternary nitrogens is 1. The zero-order chi connectivity index (χ0) is 16.5. The molecule has 1 rings (SSSR count). The molecule has 1 amide bonds. The van der Waals surface area contributed by atoms with E-state index >= 15 is 0 Å². The van der Waals surface area contributed by atoms with E-state index in [1.165, 1.54) is 24.3 Å². The molecule has 1 aromatic carbocycles. The number of amides is 1. The van der Waals surface area contributed by atoms with Crippen molar-refractivity contribution in [1.82, 2.24) is 5.32 Å². The molecule has 22 heavy (non-hydrogen) atoms. The van der Waals surface area contributed by atoms with E-state index in [1.54, 1.807) is 4.90 Å². The van der Waals surface area contributed by atoms with Gasteiger partial charge in [-0.25, -0.2) is 0 Å². The topological polar surface area (TPSA) is 76.7 Å². The van der Waals surface area contributed by atoms with Crippen LogP contribution < -0.4 is 10.2 Å². The van der Waals surface area contributed by atoms with Gasteiger partial charge in [0.25, 0.3) is 11.6 Å². The van der Waals surface area contributed by atoms with Gasteiger partial charge in [0.2, 0.25) is 0 Å². The van der Waals surface area contributed by atoms with Crippen molar-refractivity contribution >= 4 is 11.6 Å². The molecule has 0 saturated heterocycles. The number of non-ortho nitro benzene ring substituents is 1. The largest absolute Gasteiger partial charge is 0.350 e. The average Bonchev–Trinajstić information content (AvgIpc) is 2.51. The Balaban J connectivity index is 2.42. The van der Waals surface area contributed by atoms with Crippen molar-refractivity contribution in [2.45, 2.75) is 39.7 Å². The minimum Gasteiger partial charge on any atom is -0.350 e. The lowest BCUT2D eigenvalue weighted by atomic mass is 10.1. The van der Waals surface area contributed by atoms with E-state index in [0.717, 1.165) is 32.5 Å². The molecule has 0 fully saturated rings. The van der Waals surface area contributed by atoms with Crippen molar-refractivity contribution in [3.05, 3.63) is 39.9 Å². The number of nitro benzene ring substituents is 1.